The van der Waals surface area contributed by atoms with Crippen LogP contribution in [0, 0.1) is 25.2 Å². The summed E-state index contributed by atoms with van der Waals surface area (Å²) in [7, 11) is 0. The van der Waals surface area contributed by atoms with Gasteiger partial charge in [0.2, 0.25) is 0 Å². The Morgan fingerprint density at radius 1 is 1.50 bits per heavy atom. The van der Waals surface area contributed by atoms with Crippen LogP contribution in [-0.4, -0.2) is 14.6 Å². The van der Waals surface area contributed by atoms with Crippen molar-refractivity contribution in [2.45, 2.75) is 13.8 Å². The van der Waals surface area contributed by atoms with Crippen LogP contribution in [-0.2, 0) is 0 Å². The highest BCUT2D eigenvalue weighted by Gasteiger charge is 2.09. The van der Waals surface area contributed by atoms with Crippen molar-refractivity contribution in [3.05, 3.63) is 26.7 Å². The van der Waals surface area contributed by atoms with Crippen LogP contribution >= 0.6 is 22.9 Å². The average molecular weight is 248 g/mol. The highest BCUT2D eigenvalue weighted by atomic mass is 32.1. The molecule has 6 heteroatoms. The number of aryl methyl sites for hydroxylation is 2. The van der Waals surface area contributed by atoms with Crippen molar-refractivity contribution < 1.29 is 0 Å². The number of nitrogens with zero attached hydrogens (tertiary/aromatic N) is 4. The van der Waals surface area contributed by atoms with Gasteiger partial charge in [0.05, 0.1) is 17.0 Å². The molecule has 0 unspecified atom stereocenters. The second-order valence-corrected chi connectivity index (χ2v) is 4.97. The minimum atomic E-state index is 0.536. The van der Waals surface area contributed by atoms with Gasteiger partial charge in [-0.25, -0.2) is 4.98 Å². The maximum atomic E-state index is 9.08. The molecular weight excluding hydrogens is 240 g/mol. The second kappa shape index (κ2) is 4.51. The lowest BCUT2D eigenvalue weighted by atomic mass is 10.2. The first-order valence-electron chi connectivity index (χ1n) is 4.54. The van der Waals surface area contributed by atoms with Crippen LogP contribution in [0.15, 0.2) is 5.38 Å². The zero-order valence-electron chi connectivity index (χ0n) is 8.76. The van der Waals surface area contributed by atoms with Crippen molar-refractivity contribution in [1.29, 1.82) is 5.26 Å². The van der Waals surface area contributed by atoms with E-state index in [1.54, 1.807) is 11.5 Å². The van der Waals surface area contributed by atoms with Crippen LogP contribution in [0.1, 0.15) is 21.3 Å². The van der Waals surface area contributed by atoms with E-state index in [4.69, 9.17) is 5.26 Å². The van der Waals surface area contributed by atoms with Crippen molar-refractivity contribution in [2.24, 2.45) is 0 Å². The van der Waals surface area contributed by atoms with Gasteiger partial charge >= 0.3 is 0 Å². The van der Waals surface area contributed by atoms with E-state index in [1.165, 1.54) is 22.9 Å². The Morgan fingerprint density at radius 2 is 2.31 bits per heavy atom. The fourth-order valence-electron chi connectivity index (χ4n) is 1.11. The first-order valence-corrected chi connectivity index (χ1v) is 6.19. The van der Waals surface area contributed by atoms with E-state index in [0.29, 0.717) is 11.3 Å². The molecule has 0 bridgehead atoms. The van der Waals surface area contributed by atoms with Gasteiger partial charge in [-0.2, -0.15) is 5.26 Å². The van der Waals surface area contributed by atoms with E-state index < -0.39 is 0 Å². The third kappa shape index (κ3) is 2.15. The number of rotatable bonds is 2. The summed E-state index contributed by atoms with van der Waals surface area (Å²) in [4.78, 5) is 5.48. The van der Waals surface area contributed by atoms with Gasteiger partial charge in [0, 0.05) is 10.3 Å². The van der Waals surface area contributed by atoms with Gasteiger partial charge in [0.1, 0.15) is 11.1 Å². The maximum absolute atomic E-state index is 9.08. The third-order valence-corrected chi connectivity index (χ3v) is 3.68. The van der Waals surface area contributed by atoms with E-state index in [-0.39, 0.29) is 0 Å². The standard InChI is InChI=1S/C10H8N4S2/c1-6-7(2)16-10(12-6)8(4-11)3-9-5-15-14-13-9/h3,5H,1-2H3/b8-3+. The third-order valence-electron chi connectivity index (χ3n) is 2.05. The molecule has 0 saturated carbocycles. The lowest BCUT2D eigenvalue weighted by Gasteiger charge is -1.89. The van der Waals surface area contributed by atoms with Gasteiger partial charge in [-0.15, -0.1) is 16.4 Å². The predicted octanol–water partition coefficient (Wildman–Crippen LogP) is 2.68. The van der Waals surface area contributed by atoms with Crippen LogP contribution in [0.25, 0.3) is 11.6 Å². The number of nitriles is 1. The molecule has 2 aromatic rings. The molecule has 0 amide bonds. The molecule has 0 spiro atoms. The molecule has 16 heavy (non-hydrogen) atoms. The molecule has 2 aromatic heterocycles. The molecule has 80 valence electrons. The van der Waals surface area contributed by atoms with Gasteiger partial charge in [-0.3, -0.25) is 0 Å². The van der Waals surface area contributed by atoms with E-state index in [1.807, 2.05) is 13.8 Å². The molecular formula is C10H8N4S2. The average Bonchev–Trinajstić information content (AvgIpc) is 2.86. The fraction of sp³-hybridized carbons (Fsp3) is 0.200. The minimum absolute atomic E-state index is 0.536. The number of hydrogen-bond acceptors (Lipinski definition) is 6. The lowest BCUT2D eigenvalue weighted by Crippen LogP contribution is -1.81. The molecule has 0 aliphatic heterocycles. The summed E-state index contributed by atoms with van der Waals surface area (Å²) in [5.74, 6) is 0. The summed E-state index contributed by atoms with van der Waals surface area (Å²) in [6.45, 7) is 3.94. The predicted molar refractivity (Wildman–Crippen MR) is 65.0 cm³/mol. The van der Waals surface area contributed by atoms with Crippen molar-refractivity contribution in [1.82, 2.24) is 14.6 Å². The first kappa shape index (κ1) is 10.9. The zero-order valence-corrected chi connectivity index (χ0v) is 10.4. The summed E-state index contributed by atoms with van der Waals surface area (Å²) in [5.41, 5.74) is 2.21. The summed E-state index contributed by atoms with van der Waals surface area (Å²) in [5, 5.41) is 15.5. The Morgan fingerprint density at radius 3 is 2.81 bits per heavy atom. The summed E-state index contributed by atoms with van der Waals surface area (Å²) in [6.07, 6.45) is 1.71. The first-order chi connectivity index (χ1) is 7.70. The molecule has 2 rings (SSSR count). The fourth-order valence-corrected chi connectivity index (χ4v) is 2.40. The zero-order chi connectivity index (χ0) is 11.5. The van der Waals surface area contributed by atoms with Crippen molar-refractivity contribution in [3.8, 4) is 6.07 Å². The SMILES string of the molecule is Cc1nc(/C(C#N)=C/c2csnn2)sc1C. The smallest absolute Gasteiger partial charge is 0.134 e. The van der Waals surface area contributed by atoms with E-state index in [9.17, 15) is 0 Å². The topological polar surface area (TPSA) is 62.5 Å². The van der Waals surface area contributed by atoms with Crippen LogP contribution in [0.5, 0.6) is 0 Å². The molecule has 0 fully saturated rings. The Balaban J connectivity index is 2.41. The highest BCUT2D eigenvalue weighted by molar-refractivity contribution is 7.13. The Labute approximate surface area is 101 Å². The van der Waals surface area contributed by atoms with Gasteiger partial charge in [0.25, 0.3) is 0 Å². The van der Waals surface area contributed by atoms with Gasteiger partial charge in [0.15, 0.2) is 0 Å². The van der Waals surface area contributed by atoms with Crippen molar-refractivity contribution in [3.63, 3.8) is 0 Å². The van der Waals surface area contributed by atoms with Crippen LogP contribution < -0.4 is 0 Å². The largest absolute Gasteiger partial charge is 0.240 e. The van der Waals surface area contributed by atoms with Crippen molar-refractivity contribution in [2.75, 3.05) is 0 Å². The molecule has 0 aliphatic rings. The van der Waals surface area contributed by atoms with Crippen molar-refractivity contribution >= 4 is 34.5 Å². The lowest BCUT2D eigenvalue weighted by molar-refractivity contribution is 1.14. The summed E-state index contributed by atoms with van der Waals surface area (Å²) < 4.78 is 3.75. The molecule has 0 radical (unpaired) electrons. The number of thiazole rings is 1. The van der Waals surface area contributed by atoms with E-state index in [2.05, 4.69) is 20.6 Å². The van der Waals surface area contributed by atoms with Gasteiger partial charge < -0.3 is 0 Å². The van der Waals surface area contributed by atoms with Crippen LogP contribution in [0.4, 0.5) is 0 Å². The Bertz CT molecular complexity index is 541. The Hall–Kier alpha value is -1.58. The van der Waals surface area contributed by atoms with Crippen LogP contribution in [0.2, 0.25) is 0 Å². The number of hydrogen-bond donors (Lipinski definition) is 0. The molecule has 0 saturated heterocycles. The Kier molecular flexibility index (Phi) is 3.08. The molecule has 0 atom stereocenters. The van der Waals surface area contributed by atoms with E-state index >= 15 is 0 Å². The maximum Gasteiger partial charge on any atom is 0.134 e. The van der Waals surface area contributed by atoms with E-state index in [0.717, 1.165) is 15.6 Å². The molecule has 0 N–H and O–H groups in total. The summed E-state index contributed by atoms with van der Waals surface area (Å²) in [6, 6.07) is 2.14. The molecule has 0 aliphatic carbocycles. The van der Waals surface area contributed by atoms with Gasteiger partial charge in [-0.1, -0.05) is 4.49 Å². The van der Waals surface area contributed by atoms with Crippen LogP contribution in [0.3, 0.4) is 0 Å². The molecule has 4 nitrogen and oxygen atoms in total. The minimum Gasteiger partial charge on any atom is -0.240 e. The second-order valence-electron chi connectivity index (χ2n) is 3.16. The van der Waals surface area contributed by atoms with Gasteiger partial charge in [-0.05, 0) is 31.5 Å². The normalized spacial score (nSPS) is 11.4. The quantitative estimate of drug-likeness (QED) is 0.766. The molecule has 2 heterocycles. The molecule has 0 aromatic carbocycles. The monoisotopic (exact) mass is 248 g/mol. The summed E-state index contributed by atoms with van der Waals surface area (Å²) >= 11 is 2.79. The number of aromatic nitrogens is 3. The highest BCUT2D eigenvalue weighted by Crippen LogP contribution is 2.24. The number of allylic oxidation sites excluding steroid dienone is 1.